The van der Waals surface area contributed by atoms with E-state index in [2.05, 4.69) is 15.5 Å². The lowest BCUT2D eigenvalue weighted by Crippen LogP contribution is -2.22. The van der Waals surface area contributed by atoms with Gasteiger partial charge in [-0.3, -0.25) is 4.79 Å². The van der Waals surface area contributed by atoms with Crippen molar-refractivity contribution in [2.24, 2.45) is 0 Å². The molecule has 0 unspecified atom stereocenters. The smallest absolute Gasteiger partial charge is 0.416 e. The number of aryl methyl sites for hydroxylation is 1. The first-order valence-corrected chi connectivity index (χ1v) is 9.75. The van der Waals surface area contributed by atoms with Gasteiger partial charge in [-0.1, -0.05) is 29.8 Å². The van der Waals surface area contributed by atoms with Crippen LogP contribution in [0.3, 0.4) is 0 Å². The summed E-state index contributed by atoms with van der Waals surface area (Å²) in [5, 5.41) is 10.8. The van der Waals surface area contributed by atoms with Crippen LogP contribution < -0.4 is 5.32 Å². The number of carbonyl (C=O) groups excluding carboxylic acids is 1. The minimum atomic E-state index is -4.39. The summed E-state index contributed by atoms with van der Waals surface area (Å²) >= 11 is 0. The molecule has 0 aliphatic heterocycles. The highest BCUT2D eigenvalue weighted by Crippen LogP contribution is 2.29. The average molecular weight is 437 g/mol. The number of hydrogen-bond donors (Lipinski definition) is 1. The molecule has 0 aliphatic carbocycles. The summed E-state index contributed by atoms with van der Waals surface area (Å²) in [6, 6.07) is 19.0. The first-order valence-electron chi connectivity index (χ1n) is 9.75. The van der Waals surface area contributed by atoms with Gasteiger partial charge in [0.05, 0.1) is 5.56 Å². The molecule has 1 heterocycles. The van der Waals surface area contributed by atoms with E-state index in [1.807, 2.05) is 31.2 Å². The molecule has 0 spiro atoms. The van der Waals surface area contributed by atoms with Crippen molar-refractivity contribution in [3.05, 3.63) is 95.1 Å². The molecule has 0 bridgehead atoms. The number of aromatic nitrogens is 2. The summed E-state index contributed by atoms with van der Waals surface area (Å²) in [6.07, 6.45) is -4.39. The van der Waals surface area contributed by atoms with Gasteiger partial charge in [0.25, 0.3) is 5.91 Å². The lowest BCUT2D eigenvalue weighted by Gasteiger charge is -2.09. The molecule has 4 rings (SSSR count). The normalized spacial score (nSPS) is 11.4. The summed E-state index contributed by atoms with van der Waals surface area (Å²) in [7, 11) is 0. The maximum absolute atomic E-state index is 12.6. The zero-order valence-corrected chi connectivity index (χ0v) is 17.0. The minimum Gasteiger partial charge on any atom is -0.416 e. The molecule has 0 aliphatic rings. The summed E-state index contributed by atoms with van der Waals surface area (Å²) in [6.45, 7) is 2.10. The van der Waals surface area contributed by atoms with Gasteiger partial charge in [0.2, 0.25) is 11.8 Å². The quantitative estimate of drug-likeness (QED) is 0.437. The Hall–Kier alpha value is -3.94. The van der Waals surface area contributed by atoms with Crippen LogP contribution in [0.2, 0.25) is 0 Å². The number of halogens is 3. The van der Waals surface area contributed by atoms with Crippen LogP contribution in [0.15, 0.2) is 77.2 Å². The van der Waals surface area contributed by atoms with E-state index in [9.17, 15) is 18.0 Å². The fraction of sp³-hybridized carbons (Fsp3) is 0.125. The highest BCUT2D eigenvalue weighted by molar-refractivity contribution is 5.94. The lowest BCUT2D eigenvalue weighted by atomic mass is 10.1. The monoisotopic (exact) mass is 437 g/mol. The predicted octanol–water partition coefficient (Wildman–Crippen LogP) is 5.66. The van der Waals surface area contributed by atoms with Gasteiger partial charge in [0, 0.05) is 23.2 Å². The van der Waals surface area contributed by atoms with Gasteiger partial charge < -0.3 is 9.73 Å². The molecule has 5 nitrogen and oxygen atoms in total. The van der Waals surface area contributed by atoms with Crippen LogP contribution in [0.25, 0.3) is 22.9 Å². The van der Waals surface area contributed by atoms with E-state index in [1.165, 1.54) is 12.1 Å². The van der Waals surface area contributed by atoms with Gasteiger partial charge in [0.1, 0.15) is 0 Å². The maximum Gasteiger partial charge on any atom is 0.416 e. The van der Waals surface area contributed by atoms with Crippen LogP contribution in [0, 0.1) is 6.92 Å². The van der Waals surface area contributed by atoms with Gasteiger partial charge >= 0.3 is 6.18 Å². The Morgan fingerprint density at radius 2 is 1.38 bits per heavy atom. The molecule has 1 amide bonds. The van der Waals surface area contributed by atoms with Crippen LogP contribution in [-0.4, -0.2) is 16.1 Å². The number of nitrogens with zero attached hydrogens (tertiary/aromatic N) is 2. The molecule has 4 aromatic rings. The topological polar surface area (TPSA) is 68.0 Å². The van der Waals surface area contributed by atoms with Gasteiger partial charge in [-0.25, -0.2) is 0 Å². The predicted molar refractivity (Wildman–Crippen MR) is 113 cm³/mol. The van der Waals surface area contributed by atoms with Gasteiger partial charge in [-0.05, 0) is 61.0 Å². The summed E-state index contributed by atoms with van der Waals surface area (Å²) in [4.78, 5) is 12.4. The van der Waals surface area contributed by atoms with Crippen molar-refractivity contribution in [3.8, 4) is 22.9 Å². The third kappa shape index (κ3) is 4.85. The Labute approximate surface area is 181 Å². The van der Waals surface area contributed by atoms with Crippen molar-refractivity contribution in [3.63, 3.8) is 0 Å². The molecule has 0 fully saturated rings. The Bertz CT molecular complexity index is 1210. The largest absolute Gasteiger partial charge is 0.416 e. The SMILES string of the molecule is Cc1ccc(-c2nnc(-c3ccc(C(=O)NCc4ccc(C(F)(F)F)cc4)cc3)o2)cc1. The molecule has 0 saturated heterocycles. The molecule has 3 aromatic carbocycles. The van der Waals surface area contributed by atoms with Gasteiger partial charge in [-0.15, -0.1) is 10.2 Å². The standard InChI is InChI=1S/C24H18F3N3O2/c1-15-2-6-18(7-3-15)22-29-30-23(32-22)19-10-8-17(9-11-19)21(31)28-14-16-4-12-20(13-5-16)24(25,26)27/h2-13H,14H2,1H3,(H,28,31). The number of benzene rings is 3. The van der Waals surface area contributed by atoms with Crippen molar-refractivity contribution in [2.45, 2.75) is 19.6 Å². The Morgan fingerprint density at radius 1 is 0.844 bits per heavy atom. The molecule has 162 valence electrons. The van der Waals surface area contributed by atoms with Crippen molar-refractivity contribution in [1.29, 1.82) is 0 Å². The first kappa shape index (κ1) is 21.3. The molecule has 8 heteroatoms. The van der Waals surface area contributed by atoms with Crippen LogP contribution in [0.4, 0.5) is 13.2 Å². The highest BCUT2D eigenvalue weighted by Gasteiger charge is 2.29. The third-order valence-corrected chi connectivity index (χ3v) is 4.85. The summed E-state index contributed by atoms with van der Waals surface area (Å²) < 4.78 is 43.6. The van der Waals surface area contributed by atoms with E-state index < -0.39 is 11.7 Å². The summed E-state index contributed by atoms with van der Waals surface area (Å²) in [5.74, 6) is 0.387. The van der Waals surface area contributed by atoms with E-state index in [4.69, 9.17) is 4.42 Å². The minimum absolute atomic E-state index is 0.113. The second kappa shape index (κ2) is 8.66. The van der Waals surface area contributed by atoms with Crippen LogP contribution in [0.1, 0.15) is 27.0 Å². The second-order valence-corrected chi connectivity index (χ2v) is 7.23. The number of hydrogen-bond acceptors (Lipinski definition) is 4. The summed E-state index contributed by atoms with van der Waals surface area (Å²) in [5.41, 5.74) is 2.84. The molecule has 32 heavy (non-hydrogen) atoms. The first-order chi connectivity index (χ1) is 15.3. The fourth-order valence-electron chi connectivity index (χ4n) is 3.01. The van der Waals surface area contributed by atoms with E-state index in [-0.39, 0.29) is 12.5 Å². The van der Waals surface area contributed by atoms with Crippen molar-refractivity contribution >= 4 is 5.91 Å². The van der Waals surface area contributed by atoms with Crippen LogP contribution in [-0.2, 0) is 12.7 Å². The number of carbonyl (C=O) groups is 1. The maximum atomic E-state index is 12.6. The Morgan fingerprint density at radius 3 is 1.91 bits per heavy atom. The van der Waals surface area contributed by atoms with Crippen molar-refractivity contribution < 1.29 is 22.4 Å². The molecular formula is C24H18F3N3O2. The van der Waals surface area contributed by atoms with Crippen LogP contribution >= 0.6 is 0 Å². The molecule has 0 saturated carbocycles. The average Bonchev–Trinajstić information content (AvgIpc) is 3.28. The highest BCUT2D eigenvalue weighted by atomic mass is 19.4. The number of amides is 1. The van der Waals surface area contributed by atoms with Gasteiger partial charge in [0.15, 0.2) is 0 Å². The zero-order valence-electron chi connectivity index (χ0n) is 17.0. The van der Waals surface area contributed by atoms with Crippen molar-refractivity contribution in [1.82, 2.24) is 15.5 Å². The lowest BCUT2D eigenvalue weighted by molar-refractivity contribution is -0.137. The van der Waals surface area contributed by atoms with E-state index in [0.717, 1.165) is 23.3 Å². The van der Waals surface area contributed by atoms with Crippen LogP contribution in [0.5, 0.6) is 0 Å². The molecule has 0 radical (unpaired) electrons. The molecule has 1 N–H and O–H groups in total. The van der Waals surface area contributed by atoms with Crippen molar-refractivity contribution in [2.75, 3.05) is 0 Å². The van der Waals surface area contributed by atoms with E-state index >= 15 is 0 Å². The Kier molecular flexibility index (Phi) is 5.77. The number of alkyl halides is 3. The zero-order chi connectivity index (χ0) is 22.7. The van der Waals surface area contributed by atoms with E-state index in [0.29, 0.717) is 28.5 Å². The Balaban J connectivity index is 1.39. The van der Waals surface area contributed by atoms with E-state index in [1.54, 1.807) is 24.3 Å². The number of rotatable bonds is 5. The second-order valence-electron chi connectivity index (χ2n) is 7.23. The molecule has 1 aromatic heterocycles. The molecule has 0 atom stereocenters. The molecular weight excluding hydrogens is 419 g/mol. The van der Waals surface area contributed by atoms with Gasteiger partial charge in [-0.2, -0.15) is 13.2 Å². The number of nitrogens with one attached hydrogen (secondary N) is 1. The fourth-order valence-corrected chi connectivity index (χ4v) is 3.01. The third-order valence-electron chi connectivity index (χ3n) is 4.85.